The topological polar surface area (TPSA) is 21.1 Å². The van der Waals surface area contributed by atoms with Crippen LogP contribution in [0.1, 0.15) is 44.9 Å². The van der Waals surface area contributed by atoms with Crippen LogP contribution in [0.3, 0.4) is 0 Å². The van der Waals surface area contributed by atoms with Crippen molar-refractivity contribution >= 4 is 0 Å². The molecule has 0 aliphatic carbocycles. The number of imidazole rings is 1. The minimum atomic E-state index is 1.11. The van der Waals surface area contributed by atoms with Crippen LogP contribution in [0.4, 0.5) is 0 Å². The molecule has 0 amide bonds. The van der Waals surface area contributed by atoms with Crippen LogP contribution in [0.2, 0.25) is 0 Å². The van der Waals surface area contributed by atoms with Gasteiger partial charge in [0, 0.05) is 25.4 Å². The standard InChI is InChI=1S/C14H25N3/c1-2-7-14-15-8-13-17(14)12-6-11-16-9-4-3-5-10-16/h8,13H,2-7,9-12H2,1H3. The number of hydrogen-bond acceptors (Lipinski definition) is 2. The molecule has 0 N–H and O–H groups in total. The third kappa shape index (κ3) is 3.84. The summed E-state index contributed by atoms with van der Waals surface area (Å²) < 4.78 is 2.33. The Bertz CT molecular complexity index is 313. The molecule has 0 aromatic carbocycles. The number of aromatic nitrogens is 2. The van der Waals surface area contributed by atoms with E-state index in [2.05, 4.69) is 27.6 Å². The first-order chi connectivity index (χ1) is 8.40. The third-order valence-electron chi connectivity index (χ3n) is 3.60. The van der Waals surface area contributed by atoms with E-state index in [9.17, 15) is 0 Å². The molecular formula is C14H25N3. The summed E-state index contributed by atoms with van der Waals surface area (Å²) in [6.45, 7) is 7.22. The molecule has 1 aromatic rings. The molecule has 0 spiro atoms. The van der Waals surface area contributed by atoms with Gasteiger partial charge >= 0.3 is 0 Å². The van der Waals surface area contributed by atoms with E-state index in [-0.39, 0.29) is 0 Å². The average molecular weight is 235 g/mol. The summed E-state index contributed by atoms with van der Waals surface area (Å²) >= 11 is 0. The summed E-state index contributed by atoms with van der Waals surface area (Å²) in [5.41, 5.74) is 0. The van der Waals surface area contributed by atoms with Gasteiger partial charge < -0.3 is 9.47 Å². The normalized spacial score (nSPS) is 17.5. The van der Waals surface area contributed by atoms with Gasteiger partial charge in [-0.25, -0.2) is 4.98 Å². The van der Waals surface area contributed by atoms with Gasteiger partial charge in [0.2, 0.25) is 0 Å². The predicted octanol–water partition coefficient (Wildman–Crippen LogP) is 2.71. The Labute approximate surface area is 105 Å². The summed E-state index contributed by atoms with van der Waals surface area (Å²) in [5.74, 6) is 1.26. The Morgan fingerprint density at radius 2 is 2.00 bits per heavy atom. The first-order valence-corrected chi connectivity index (χ1v) is 7.12. The zero-order valence-electron chi connectivity index (χ0n) is 11.1. The fourth-order valence-electron chi connectivity index (χ4n) is 2.64. The van der Waals surface area contributed by atoms with E-state index in [1.165, 1.54) is 57.6 Å². The van der Waals surface area contributed by atoms with Crippen LogP contribution in [-0.4, -0.2) is 34.1 Å². The highest BCUT2D eigenvalue weighted by Gasteiger charge is 2.09. The Balaban J connectivity index is 1.71. The summed E-state index contributed by atoms with van der Waals surface area (Å²) in [5, 5.41) is 0. The lowest BCUT2D eigenvalue weighted by Crippen LogP contribution is -2.31. The maximum Gasteiger partial charge on any atom is 0.108 e. The van der Waals surface area contributed by atoms with Crippen LogP contribution < -0.4 is 0 Å². The molecular weight excluding hydrogens is 210 g/mol. The minimum Gasteiger partial charge on any atom is -0.335 e. The largest absolute Gasteiger partial charge is 0.335 e. The summed E-state index contributed by atoms with van der Waals surface area (Å²) in [4.78, 5) is 7.03. The molecule has 1 saturated heterocycles. The van der Waals surface area contributed by atoms with Crippen LogP contribution in [0.5, 0.6) is 0 Å². The van der Waals surface area contributed by atoms with E-state index in [1.807, 2.05) is 6.20 Å². The quantitative estimate of drug-likeness (QED) is 0.756. The Kier molecular flexibility index (Phi) is 5.05. The Morgan fingerprint density at radius 3 is 2.76 bits per heavy atom. The monoisotopic (exact) mass is 235 g/mol. The number of aryl methyl sites for hydroxylation is 2. The smallest absolute Gasteiger partial charge is 0.108 e. The zero-order valence-corrected chi connectivity index (χ0v) is 11.1. The second kappa shape index (κ2) is 6.80. The number of hydrogen-bond donors (Lipinski definition) is 0. The van der Waals surface area contributed by atoms with Crippen molar-refractivity contribution < 1.29 is 0 Å². The zero-order chi connectivity index (χ0) is 11.9. The summed E-state index contributed by atoms with van der Waals surface area (Å²) in [7, 11) is 0. The van der Waals surface area contributed by atoms with Gasteiger partial charge in [-0.15, -0.1) is 0 Å². The fraction of sp³-hybridized carbons (Fsp3) is 0.786. The second-order valence-electron chi connectivity index (χ2n) is 5.04. The lowest BCUT2D eigenvalue weighted by atomic mass is 10.1. The van der Waals surface area contributed by atoms with Crippen molar-refractivity contribution in [1.82, 2.24) is 14.5 Å². The highest BCUT2D eigenvalue weighted by atomic mass is 15.1. The summed E-state index contributed by atoms with van der Waals surface area (Å²) in [6, 6.07) is 0. The molecule has 1 aliphatic rings. The van der Waals surface area contributed by atoms with E-state index in [4.69, 9.17) is 0 Å². The van der Waals surface area contributed by atoms with Crippen molar-refractivity contribution in [2.75, 3.05) is 19.6 Å². The van der Waals surface area contributed by atoms with Gasteiger partial charge in [0.25, 0.3) is 0 Å². The van der Waals surface area contributed by atoms with Crippen LogP contribution >= 0.6 is 0 Å². The van der Waals surface area contributed by atoms with Gasteiger partial charge in [-0.2, -0.15) is 0 Å². The molecule has 2 heterocycles. The lowest BCUT2D eigenvalue weighted by molar-refractivity contribution is 0.222. The van der Waals surface area contributed by atoms with E-state index in [0.717, 1.165) is 13.0 Å². The van der Waals surface area contributed by atoms with Gasteiger partial charge in [0.05, 0.1) is 0 Å². The van der Waals surface area contributed by atoms with Gasteiger partial charge in [-0.05, 0) is 45.3 Å². The molecule has 0 bridgehead atoms. The first kappa shape index (κ1) is 12.6. The number of likely N-dealkylation sites (tertiary alicyclic amines) is 1. The maximum atomic E-state index is 4.42. The third-order valence-corrected chi connectivity index (χ3v) is 3.60. The molecule has 3 nitrogen and oxygen atoms in total. The highest BCUT2D eigenvalue weighted by Crippen LogP contribution is 2.09. The second-order valence-corrected chi connectivity index (χ2v) is 5.04. The molecule has 0 radical (unpaired) electrons. The van der Waals surface area contributed by atoms with Crippen LogP contribution in [0.25, 0.3) is 0 Å². The molecule has 1 aromatic heterocycles. The van der Waals surface area contributed by atoms with Crippen LogP contribution in [0, 0.1) is 0 Å². The molecule has 0 unspecified atom stereocenters. The Morgan fingerprint density at radius 1 is 1.18 bits per heavy atom. The van der Waals surface area contributed by atoms with Gasteiger partial charge in [-0.1, -0.05) is 13.3 Å². The minimum absolute atomic E-state index is 1.11. The van der Waals surface area contributed by atoms with Gasteiger partial charge in [0.15, 0.2) is 0 Å². The average Bonchev–Trinajstić information content (AvgIpc) is 2.79. The number of rotatable bonds is 6. The van der Waals surface area contributed by atoms with Crippen molar-refractivity contribution in [3.63, 3.8) is 0 Å². The highest BCUT2D eigenvalue weighted by molar-refractivity contribution is 4.92. The van der Waals surface area contributed by atoms with Crippen molar-refractivity contribution in [3.8, 4) is 0 Å². The van der Waals surface area contributed by atoms with Crippen molar-refractivity contribution in [3.05, 3.63) is 18.2 Å². The summed E-state index contributed by atoms with van der Waals surface area (Å²) in [6.07, 6.45) is 11.8. The van der Waals surface area contributed by atoms with Crippen molar-refractivity contribution in [2.24, 2.45) is 0 Å². The van der Waals surface area contributed by atoms with E-state index in [0.29, 0.717) is 0 Å². The van der Waals surface area contributed by atoms with E-state index in [1.54, 1.807) is 0 Å². The Hall–Kier alpha value is -0.830. The molecule has 3 heteroatoms. The number of nitrogens with zero attached hydrogens (tertiary/aromatic N) is 3. The fourth-order valence-corrected chi connectivity index (χ4v) is 2.64. The molecule has 96 valence electrons. The van der Waals surface area contributed by atoms with Crippen molar-refractivity contribution in [1.29, 1.82) is 0 Å². The van der Waals surface area contributed by atoms with Crippen molar-refractivity contribution in [2.45, 2.75) is 52.0 Å². The first-order valence-electron chi connectivity index (χ1n) is 7.12. The molecule has 0 atom stereocenters. The van der Waals surface area contributed by atoms with E-state index < -0.39 is 0 Å². The maximum absolute atomic E-state index is 4.42. The van der Waals surface area contributed by atoms with Crippen LogP contribution in [-0.2, 0) is 13.0 Å². The van der Waals surface area contributed by atoms with Gasteiger partial charge in [0.1, 0.15) is 5.82 Å². The molecule has 1 aliphatic heterocycles. The number of piperidine rings is 1. The van der Waals surface area contributed by atoms with Gasteiger partial charge in [-0.3, -0.25) is 0 Å². The van der Waals surface area contributed by atoms with E-state index >= 15 is 0 Å². The molecule has 17 heavy (non-hydrogen) atoms. The molecule has 2 rings (SSSR count). The van der Waals surface area contributed by atoms with Crippen LogP contribution in [0.15, 0.2) is 12.4 Å². The molecule has 1 fully saturated rings. The SMILES string of the molecule is CCCc1nccn1CCCN1CCCCC1. The predicted molar refractivity (Wildman–Crippen MR) is 71.1 cm³/mol. The molecule has 0 saturated carbocycles. The lowest BCUT2D eigenvalue weighted by Gasteiger charge is -2.26.